The smallest absolute Gasteiger partial charge is 0.243 e. The summed E-state index contributed by atoms with van der Waals surface area (Å²) in [6, 6.07) is 4.66. The summed E-state index contributed by atoms with van der Waals surface area (Å²) in [5, 5.41) is 2.63. The molecule has 1 rings (SSSR count). The van der Waals surface area contributed by atoms with Crippen molar-refractivity contribution in [3.63, 3.8) is 0 Å². The number of nitrogens with one attached hydrogen (secondary N) is 2. The van der Waals surface area contributed by atoms with Crippen LogP contribution in [-0.2, 0) is 14.8 Å². The number of carbonyl (C=O) groups is 1. The van der Waals surface area contributed by atoms with Crippen LogP contribution in [0.1, 0.15) is 19.4 Å². The molecule has 1 amide bonds. The van der Waals surface area contributed by atoms with E-state index in [1.54, 1.807) is 12.1 Å². The summed E-state index contributed by atoms with van der Waals surface area (Å²) in [6.45, 7) is 5.93. The summed E-state index contributed by atoms with van der Waals surface area (Å²) in [4.78, 5) is 11.5. The van der Waals surface area contributed by atoms with Gasteiger partial charge in [0.25, 0.3) is 0 Å². The first kappa shape index (κ1) is 16.5. The molecule has 0 saturated carbocycles. The van der Waals surface area contributed by atoms with Crippen LogP contribution >= 0.6 is 0 Å². The highest BCUT2D eigenvalue weighted by Crippen LogP contribution is 2.18. The van der Waals surface area contributed by atoms with E-state index in [2.05, 4.69) is 10.0 Å². The second kappa shape index (κ2) is 6.71. The maximum Gasteiger partial charge on any atom is 0.243 e. The predicted molar refractivity (Wildman–Crippen MR) is 78.6 cm³/mol. The molecule has 0 aromatic heterocycles. The Morgan fingerprint density at radius 3 is 2.55 bits per heavy atom. The number of nitrogens with two attached hydrogens (primary N) is 1. The van der Waals surface area contributed by atoms with Crippen molar-refractivity contribution < 1.29 is 13.2 Å². The van der Waals surface area contributed by atoms with Gasteiger partial charge in [0.1, 0.15) is 4.90 Å². The maximum atomic E-state index is 12.0. The highest BCUT2D eigenvalue weighted by atomic mass is 32.2. The van der Waals surface area contributed by atoms with Crippen LogP contribution in [0.2, 0.25) is 0 Å². The van der Waals surface area contributed by atoms with Crippen LogP contribution in [0, 0.1) is 12.8 Å². The number of anilines is 1. The van der Waals surface area contributed by atoms with Gasteiger partial charge in [-0.2, -0.15) is 0 Å². The molecule has 0 fully saturated rings. The molecule has 1 aromatic carbocycles. The van der Waals surface area contributed by atoms with Crippen LogP contribution in [0.25, 0.3) is 0 Å². The van der Waals surface area contributed by atoms with E-state index in [1.807, 2.05) is 20.8 Å². The molecule has 0 saturated heterocycles. The van der Waals surface area contributed by atoms with Crippen molar-refractivity contribution in [3.05, 3.63) is 23.8 Å². The minimum Gasteiger partial charge on any atom is -0.398 e. The summed E-state index contributed by atoms with van der Waals surface area (Å²) in [5.74, 6) is -0.0590. The Morgan fingerprint density at radius 1 is 1.35 bits per heavy atom. The Kier molecular flexibility index (Phi) is 5.52. The largest absolute Gasteiger partial charge is 0.398 e. The number of hydrogen-bond donors (Lipinski definition) is 3. The number of hydrogen-bond acceptors (Lipinski definition) is 4. The van der Waals surface area contributed by atoms with Gasteiger partial charge in [-0.25, -0.2) is 13.1 Å². The number of carbonyl (C=O) groups excluding carboxylic acids is 1. The van der Waals surface area contributed by atoms with Gasteiger partial charge < -0.3 is 11.1 Å². The fourth-order valence-corrected chi connectivity index (χ4v) is 2.62. The summed E-state index contributed by atoms with van der Waals surface area (Å²) in [7, 11) is -3.78. The van der Waals surface area contributed by atoms with Crippen molar-refractivity contribution in [2.45, 2.75) is 25.7 Å². The molecule has 6 nitrogen and oxygen atoms in total. The minimum absolute atomic E-state index is 0.0141. The molecular weight excluding hydrogens is 278 g/mol. The number of sulfonamides is 1. The molecule has 0 atom stereocenters. The van der Waals surface area contributed by atoms with Gasteiger partial charge in [-0.3, -0.25) is 4.79 Å². The third kappa shape index (κ3) is 4.82. The van der Waals surface area contributed by atoms with Gasteiger partial charge in [-0.1, -0.05) is 19.9 Å². The molecule has 7 heteroatoms. The lowest BCUT2D eigenvalue weighted by molar-refractivity contribution is -0.120. The van der Waals surface area contributed by atoms with E-state index in [0.29, 0.717) is 12.5 Å². The monoisotopic (exact) mass is 299 g/mol. The molecule has 1 aromatic rings. The first-order valence-electron chi connectivity index (χ1n) is 6.35. The van der Waals surface area contributed by atoms with E-state index >= 15 is 0 Å². The quantitative estimate of drug-likeness (QED) is 0.670. The summed E-state index contributed by atoms with van der Waals surface area (Å²) >= 11 is 0. The molecule has 0 aliphatic rings. The molecule has 0 aliphatic carbocycles. The van der Waals surface area contributed by atoms with Gasteiger partial charge in [0, 0.05) is 6.54 Å². The van der Waals surface area contributed by atoms with Crippen LogP contribution in [0.4, 0.5) is 5.69 Å². The average Bonchev–Trinajstić information content (AvgIpc) is 2.33. The molecule has 20 heavy (non-hydrogen) atoms. The molecule has 0 bridgehead atoms. The van der Waals surface area contributed by atoms with E-state index in [4.69, 9.17) is 5.73 Å². The first-order chi connectivity index (χ1) is 9.22. The Bertz CT molecular complexity index is 583. The fraction of sp³-hybridized carbons (Fsp3) is 0.462. The van der Waals surface area contributed by atoms with Crippen LogP contribution in [-0.4, -0.2) is 27.4 Å². The van der Waals surface area contributed by atoms with Crippen molar-refractivity contribution in [2.24, 2.45) is 5.92 Å². The first-order valence-corrected chi connectivity index (χ1v) is 7.83. The minimum atomic E-state index is -3.78. The van der Waals surface area contributed by atoms with Gasteiger partial charge in [0.2, 0.25) is 15.9 Å². The highest BCUT2D eigenvalue weighted by molar-refractivity contribution is 7.89. The zero-order valence-electron chi connectivity index (χ0n) is 11.9. The van der Waals surface area contributed by atoms with Gasteiger partial charge >= 0.3 is 0 Å². The Morgan fingerprint density at radius 2 is 2.00 bits per heavy atom. The highest BCUT2D eigenvalue weighted by Gasteiger charge is 2.18. The zero-order chi connectivity index (χ0) is 15.3. The number of nitrogen functional groups attached to an aromatic ring is 1. The molecule has 0 aliphatic heterocycles. The Balaban J connectivity index is 2.68. The molecule has 0 heterocycles. The maximum absolute atomic E-state index is 12.0. The number of aryl methyl sites for hydroxylation is 1. The van der Waals surface area contributed by atoms with Crippen molar-refractivity contribution in [3.8, 4) is 0 Å². The topological polar surface area (TPSA) is 101 Å². The molecule has 4 N–H and O–H groups in total. The molecule has 0 unspecified atom stereocenters. The van der Waals surface area contributed by atoms with Crippen molar-refractivity contribution in [1.82, 2.24) is 10.0 Å². The van der Waals surface area contributed by atoms with E-state index in [1.165, 1.54) is 6.07 Å². The zero-order valence-corrected chi connectivity index (χ0v) is 12.8. The Hall–Kier alpha value is -1.60. The van der Waals surface area contributed by atoms with Gasteiger partial charge in [0.05, 0.1) is 12.2 Å². The summed E-state index contributed by atoms with van der Waals surface area (Å²) in [6.07, 6.45) is 0. The second-order valence-electron chi connectivity index (χ2n) is 5.06. The van der Waals surface area contributed by atoms with Crippen molar-refractivity contribution in [1.29, 1.82) is 0 Å². The molecule has 112 valence electrons. The standard InChI is InChI=1S/C13H21N3O3S/c1-9(2)7-15-13(17)8-16-20(18,19)12-5-4-10(3)6-11(12)14/h4-6,9,16H,7-8,14H2,1-3H3,(H,15,17). The number of rotatable bonds is 6. The Labute approximate surface area is 119 Å². The van der Waals surface area contributed by atoms with Crippen LogP contribution < -0.4 is 15.8 Å². The SMILES string of the molecule is Cc1ccc(S(=O)(=O)NCC(=O)NCC(C)C)c(N)c1. The summed E-state index contributed by atoms with van der Waals surface area (Å²) < 4.78 is 26.3. The average molecular weight is 299 g/mol. The molecular formula is C13H21N3O3S. The fourth-order valence-electron chi connectivity index (χ4n) is 1.53. The van der Waals surface area contributed by atoms with E-state index in [-0.39, 0.29) is 23.0 Å². The van der Waals surface area contributed by atoms with Crippen LogP contribution in [0.5, 0.6) is 0 Å². The predicted octanol–water partition coefficient (Wildman–Crippen LogP) is 0.628. The second-order valence-corrected chi connectivity index (χ2v) is 6.80. The summed E-state index contributed by atoms with van der Waals surface area (Å²) in [5.41, 5.74) is 6.73. The lowest BCUT2D eigenvalue weighted by Gasteiger charge is -2.11. The van der Waals surface area contributed by atoms with Gasteiger partial charge in [0.15, 0.2) is 0 Å². The van der Waals surface area contributed by atoms with Crippen molar-refractivity contribution in [2.75, 3.05) is 18.8 Å². The normalized spacial score (nSPS) is 11.6. The van der Waals surface area contributed by atoms with E-state index in [9.17, 15) is 13.2 Å². The third-order valence-corrected chi connectivity index (χ3v) is 4.06. The van der Waals surface area contributed by atoms with E-state index < -0.39 is 10.0 Å². The lowest BCUT2D eigenvalue weighted by Crippen LogP contribution is -2.38. The molecule has 0 spiro atoms. The lowest BCUT2D eigenvalue weighted by atomic mass is 10.2. The van der Waals surface area contributed by atoms with Gasteiger partial charge in [-0.05, 0) is 30.5 Å². The van der Waals surface area contributed by atoms with Gasteiger partial charge in [-0.15, -0.1) is 0 Å². The van der Waals surface area contributed by atoms with Crippen LogP contribution in [0.15, 0.2) is 23.1 Å². The third-order valence-electron chi connectivity index (χ3n) is 2.59. The van der Waals surface area contributed by atoms with E-state index in [0.717, 1.165) is 5.56 Å². The number of benzene rings is 1. The van der Waals surface area contributed by atoms with Crippen LogP contribution in [0.3, 0.4) is 0 Å². The van der Waals surface area contributed by atoms with Crippen molar-refractivity contribution >= 4 is 21.6 Å². The molecule has 0 radical (unpaired) electrons. The number of amides is 1.